The average Bonchev–Trinajstić information content (AvgIpc) is 2.27. The Kier molecular flexibility index (Phi) is 5.76. The third-order valence-corrected chi connectivity index (χ3v) is 2.97. The molecule has 1 aliphatic rings. The summed E-state index contributed by atoms with van der Waals surface area (Å²) < 4.78 is 20.5. The largest absolute Gasteiger partial charge is 0.456 e. The molecule has 8 heteroatoms. The molecule has 1 fully saturated rings. The first-order valence-corrected chi connectivity index (χ1v) is 6.47. The van der Waals surface area contributed by atoms with Crippen LogP contribution in [-0.4, -0.2) is 47.9 Å². The number of halogens is 1. The first-order chi connectivity index (χ1) is 9.22. The van der Waals surface area contributed by atoms with Crippen molar-refractivity contribution in [1.29, 1.82) is 0 Å². The van der Waals surface area contributed by atoms with Gasteiger partial charge in [0, 0.05) is 20.8 Å². The second kappa shape index (κ2) is 6.90. The highest BCUT2D eigenvalue weighted by atomic mass is 35.5. The Morgan fingerprint density at radius 1 is 0.850 bits per heavy atom. The van der Waals surface area contributed by atoms with Crippen LogP contribution in [0.15, 0.2) is 0 Å². The molecule has 0 aliphatic carbocycles. The van der Waals surface area contributed by atoms with E-state index in [4.69, 9.17) is 30.5 Å². The van der Waals surface area contributed by atoms with Crippen LogP contribution in [0, 0.1) is 0 Å². The summed E-state index contributed by atoms with van der Waals surface area (Å²) in [5.74, 6) is -1.79. The van der Waals surface area contributed by atoms with Crippen molar-refractivity contribution in [1.82, 2.24) is 0 Å². The molecule has 0 unspecified atom stereocenters. The van der Waals surface area contributed by atoms with Gasteiger partial charge >= 0.3 is 17.9 Å². The molecule has 5 atom stereocenters. The number of ether oxygens (including phenoxy) is 4. The van der Waals surface area contributed by atoms with Crippen LogP contribution in [0.1, 0.15) is 27.7 Å². The van der Waals surface area contributed by atoms with Crippen molar-refractivity contribution in [2.45, 2.75) is 57.7 Å². The number of carbonyl (C=O) groups excluding carboxylic acids is 3. The highest BCUT2D eigenvalue weighted by Gasteiger charge is 2.49. The molecule has 1 heterocycles. The summed E-state index contributed by atoms with van der Waals surface area (Å²) in [6.07, 6.45) is -3.60. The lowest BCUT2D eigenvalue weighted by Crippen LogP contribution is -2.59. The quantitative estimate of drug-likeness (QED) is 0.432. The van der Waals surface area contributed by atoms with Gasteiger partial charge in [-0.2, -0.15) is 0 Å². The predicted molar refractivity (Wildman–Crippen MR) is 66.9 cm³/mol. The van der Waals surface area contributed by atoms with E-state index in [-0.39, 0.29) is 0 Å². The minimum Gasteiger partial charge on any atom is -0.456 e. The van der Waals surface area contributed by atoms with Crippen LogP contribution in [0.4, 0.5) is 0 Å². The molecule has 1 aliphatic heterocycles. The third kappa shape index (κ3) is 4.35. The van der Waals surface area contributed by atoms with E-state index in [0.717, 1.165) is 0 Å². The van der Waals surface area contributed by atoms with Crippen molar-refractivity contribution in [2.75, 3.05) is 0 Å². The molecule has 0 spiro atoms. The number of hydrogen-bond donors (Lipinski definition) is 0. The van der Waals surface area contributed by atoms with E-state index in [0.29, 0.717) is 0 Å². The SMILES string of the molecule is CC(=O)O[C@@H]1[C@@H](OC(C)=O)[C@H](C)O[C@H](Cl)[C@@H]1OC(C)=O. The molecule has 1 saturated heterocycles. The lowest BCUT2D eigenvalue weighted by molar-refractivity contribution is -0.230. The van der Waals surface area contributed by atoms with E-state index in [9.17, 15) is 14.4 Å². The van der Waals surface area contributed by atoms with E-state index < -0.39 is 47.9 Å². The van der Waals surface area contributed by atoms with E-state index in [2.05, 4.69) is 0 Å². The molecule has 0 bridgehead atoms. The Hall–Kier alpha value is -1.34. The van der Waals surface area contributed by atoms with E-state index in [1.54, 1.807) is 6.92 Å². The van der Waals surface area contributed by atoms with Gasteiger partial charge in [-0.3, -0.25) is 14.4 Å². The van der Waals surface area contributed by atoms with Crippen molar-refractivity contribution in [3.63, 3.8) is 0 Å². The van der Waals surface area contributed by atoms with Crippen LogP contribution in [0.25, 0.3) is 0 Å². The van der Waals surface area contributed by atoms with Crippen LogP contribution >= 0.6 is 11.6 Å². The van der Waals surface area contributed by atoms with Crippen molar-refractivity contribution in [2.24, 2.45) is 0 Å². The molecule has 0 amide bonds. The first kappa shape index (κ1) is 16.7. The first-order valence-electron chi connectivity index (χ1n) is 6.03. The van der Waals surface area contributed by atoms with Gasteiger partial charge in [-0.05, 0) is 6.92 Å². The maximum atomic E-state index is 11.2. The smallest absolute Gasteiger partial charge is 0.303 e. The fourth-order valence-corrected chi connectivity index (χ4v) is 2.31. The molecule has 114 valence electrons. The van der Waals surface area contributed by atoms with Crippen LogP contribution < -0.4 is 0 Å². The van der Waals surface area contributed by atoms with E-state index in [1.165, 1.54) is 20.8 Å². The van der Waals surface area contributed by atoms with Crippen molar-refractivity contribution >= 4 is 29.5 Å². The lowest BCUT2D eigenvalue weighted by atomic mass is 10.00. The number of alkyl halides is 1. The standard InChI is InChI=1S/C12H17ClO7/c1-5-9(18-6(2)14)10(19-7(3)15)11(12(13)17-5)20-8(4)16/h5,9-12H,1-4H3/t5-,9-,10+,11+,12-/m0/s1. The van der Waals surface area contributed by atoms with Crippen LogP contribution in [0.3, 0.4) is 0 Å². The van der Waals surface area contributed by atoms with Crippen LogP contribution in [-0.2, 0) is 33.3 Å². The molecule has 20 heavy (non-hydrogen) atoms. The number of hydrogen-bond acceptors (Lipinski definition) is 7. The second-order valence-corrected chi connectivity index (χ2v) is 4.84. The van der Waals surface area contributed by atoms with Gasteiger partial charge in [0.25, 0.3) is 0 Å². The molecule has 1 rings (SSSR count). The van der Waals surface area contributed by atoms with Gasteiger partial charge in [-0.15, -0.1) is 0 Å². The minimum atomic E-state index is -1.06. The topological polar surface area (TPSA) is 88.1 Å². The highest BCUT2D eigenvalue weighted by Crippen LogP contribution is 2.30. The number of esters is 3. The molecule has 0 aromatic rings. The van der Waals surface area contributed by atoms with E-state index in [1.807, 2.05) is 0 Å². The summed E-state index contributed by atoms with van der Waals surface area (Å²) in [5.41, 5.74) is -1.01. The Morgan fingerprint density at radius 2 is 1.25 bits per heavy atom. The van der Waals surface area contributed by atoms with Crippen molar-refractivity contribution < 1.29 is 33.3 Å². The molecule has 0 N–H and O–H groups in total. The molecular weight excluding hydrogens is 292 g/mol. The fraction of sp³-hybridized carbons (Fsp3) is 0.750. The summed E-state index contributed by atoms with van der Waals surface area (Å²) in [6.45, 7) is 5.21. The molecule has 7 nitrogen and oxygen atoms in total. The zero-order valence-corrected chi connectivity index (χ0v) is 12.4. The Bertz CT molecular complexity index is 369. The van der Waals surface area contributed by atoms with Gasteiger partial charge in [0.05, 0.1) is 6.10 Å². The zero-order valence-electron chi connectivity index (χ0n) is 11.6. The Labute approximate surface area is 121 Å². The Balaban J connectivity index is 3.01. The number of carbonyl (C=O) groups is 3. The van der Waals surface area contributed by atoms with Crippen LogP contribution in [0.2, 0.25) is 0 Å². The molecule has 0 radical (unpaired) electrons. The Morgan fingerprint density at radius 3 is 1.70 bits per heavy atom. The lowest BCUT2D eigenvalue weighted by Gasteiger charge is -2.41. The summed E-state index contributed by atoms with van der Waals surface area (Å²) >= 11 is 5.97. The van der Waals surface area contributed by atoms with Gasteiger partial charge in [-0.1, -0.05) is 11.6 Å². The normalized spacial score (nSPS) is 33.1. The molecule has 0 aromatic carbocycles. The minimum absolute atomic E-state index is 0.572. The van der Waals surface area contributed by atoms with Crippen LogP contribution in [0.5, 0.6) is 0 Å². The van der Waals surface area contributed by atoms with Crippen molar-refractivity contribution in [3.8, 4) is 0 Å². The predicted octanol–water partition coefficient (Wildman–Crippen LogP) is 0.765. The maximum Gasteiger partial charge on any atom is 0.303 e. The maximum absolute atomic E-state index is 11.2. The monoisotopic (exact) mass is 308 g/mol. The third-order valence-electron chi connectivity index (χ3n) is 2.62. The average molecular weight is 309 g/mol. The van der Waals surface area contributed by atoms with Gasteiger partial charge in [-0.25, -0.2) is 0 Å². The van der Waals surface area contributed by atoms with Crippen molar-refractivity contribution in [3.05, 3.63) is 0 Å². The second-order valence-electron chi connectivity index (χ2n) is 4.41. The summed E-state index contributed by atoms with van der Waals surface area (Å²) in [4.78, 5) is 33.5. The highest BCUT2D eigenvalue weighted by molar-refractivity contribution is 6.20. The fourth-order valence-electron chi connectivity index (χ4n) is 1.96. The molecule has 0 saturated carbocycles. The van der Waals surface area contributed by atoms with Gasteiger partial charge in [0.2, 0.25) is 0 Å². The summed E-state index contributed by atoms with van der Waals surface area (Å²) in [6, 6.07) is 0. The number of rotatable bonds is 3. The molecule has 0 aromatic heterocycles. The van der Waals surface area contributed by atoms with Gasteiger partial charge in [0.1, 0.15) is 0 Å². The van der Waals surface area contributed by atoms with Gasteiger partial charge < -0.3 is 18.9 Å². The van der Waals surface area contributed by atoms with E-state index >= 15 is 0 Å². The summed E-state index contributed by atoms with van der Waals surface area (Å²) in [5, 5.41) is 0. The molecular formula is C12H17ClO7. The van der Waals surface area contributed by atoms with Gasteiger partial charge in [0.15, 0.2) is 23.9 Å². The zero-order chi connectivity index (χ0) is 15.4. The summed E-state index contributed by atoms with van der Waals surface area (Å²) in [7, 11) is 0.